The second-order valence-electron chi connectivity index (χ2n) is 4.80. The third-order valence-electron chi connectivity index (χ3n) is 3.30. The fourth-order valence-corrected chi connectivity index (χ4v) is 3.99. The minimum atomic E-state index is -3.08. The molecule has 6 heteroatoms. The summed E-state index contributed by atoms with van der Waals surface area (Å²) in [5.41, 5.74) is 1.14. The zero-order valence-electron chi connectivity index (χ0n) is 10.9. The van der Waals surface area contributed by atoms with Crippen molar-refractivity contribution in [1.82, 2.24) is 5.32 Å². The van der Waals surface area contributed by atoms with Gasteiger partial charge in [0.05, 0.1) is 24.7 Å². The van der Waals surface area contributed by atoms with E-state index in [1.165, 1.54) is 0 Å². The summed E-state index contributed by atoms with van der Waals surface area (Å²) in [5, 5.41) is 12.7. The molecule has 1 saturated heterocycles. The number of rotatable bonds is 5. The maximum absolute atomic E-state index is 11.3. The van der Waals surface area contributed by atoms with Crippen molar-refractivity contribution in [3.8, 4) is 5.75 Å². The molecule has 1 aliphatic heterocycles. The molecule has 5 nitrogen and oxygen atoms in total. The number of sulfone groups is 1. The van der Waals surface area contributed by atoms with Gasteiger partial charge in [0.1, 0.15) is 5.75 Å². The van der Waals surface area contributed by atoms with E-state index in [-0.39, 0.29) is 17.5 Å². The standard InChI is InChI=1S/C13H19NO4S/c1-18-11-4-2-10(3-5-11)6-7-14-12-8-19(16,17)9-13(12)15/h2-5,12-15H,6-9H2,1H3/t12-,13-/m1/s1. The van der Waals surface area contributed by atoms with Gasteiger partial charge in [-0.2, -0.15) is 0 Å². The van der Waals surface area contributed by atoms with Crippen LogP contribution in [0, 0.1) is 0 Å². The monoisotopic (exact) mass is 285 g/mol. The lowest BCUT2D eigenvalue weighted by Crippen LogP contribution is -2.39. The second-order valence-corrected chi connectivity index (χ2v) is 6.96. The van der Waals surface area contributed by atoms with Gasteiger partial charge in [-0.1, -0.05) is 12.1 Å². The van der Waals surface area contributed by atoms with Gasteiger partial charge in [-0.05, 0) is 30.7 Å². The van der Waals surface area contributed by atoms with Gasteiger partial charge in [-0.3, -0.25) is 0 Å². The summed E-state index contributed by atoms with van der Waals surface area (Å²) in [6.07, 6.45) is -0.00588. The Balaban J connectivity index is 1.80. The van der Waals surface area contributed by atoms with Crippen molar-refractivity contribution in [3.63, 3.8) is 0 Å². The molecule has 106 valence electrons. The first-order chi connectivity index (χ1) is 9.00. The van der Waals surface area contributed by atoms with Gasteiger partial charge < -0.3 is 15.2 Å². The van der Waals surface area contributed by atoms with Crippen LogP contribution in [0.4, 0.5) is 0 Å². The number of hydrogen-bond acceptors (Lipinski definition) is 5. The van der Waals surface area contributed by atoms with Crippen molar-refractivity contribution >= 4 is 9.84 Å². The maximum Gasteiger partial charge on any atom is 0.154 e. The lowest BCUT2D eigenvalue weighted by Gasteiger charge is -2.14. The molecule has 0 amide bonds. The predicted octanol–water partition coefficient (Wildman–Crippen LogP) is -0.0148. The Hall–Kier alpha value is -1.11. The van der Waals surface area contributed by atoms with Crippen molar-refractivity contribution in [2.24, 2.45) is 0 Å². The Kier molecular flexibility index (Phi) is 4.44. The molecule has 19 heavy (non-hydrogen) atoms. The molecule has 2 N–H and O–H groups in total. The molecular weight excluding hydrogens is 266 g/mol. The molecule has 0 radical (unpaired) electrons. The molecule has 2 atom stereocenters. The van der Waals surface area contributed by atoms with E-state index in [0.717, 1.165) is 17.7 Å². The minimum Gasteiger partial charge on any atom is -0.497 e. The Labute approximate surface area is 113 Å². The molecule has 1 heterocycles. The summed E-state index contributed by atoms with van der Waals surface area (Å²) < 4.78 is 27.8. The van der Waals surface area contributed by atoms with Gasteiger partial charge >= 0.3 is 0 Å². The van der Waals surface area contributed by atoms with Crippen molar-refractivity contribution in [2.45, 2.75) is 18.6 Å². The highest BCUT2D eigenvalue weighted by atomic mass is 32.2. The van der Waals surface area contributed by atoms with Gasteiger partial charge in [-0.25, -0.2) is 8.42 Å². The lowest BCUT2D eigenvalue weighted by atomic mass is 10.1. The van der Waals surface area contributed by atoms with Gasteiger partial charge in [-0.15, -0.1) is 0 Å². The van der Waals surface area contributed by atoms with Gasteiger partial charge in [0.25, 0.3) is 0 Å². The lowest BCUT2D eigenvalue weighted by molar-refractivity contribution is 0.166. The zero-order chi connectivity index (χ0) is 13.9. The molecule has 1 fully saturated rings. The molecule has 0 bridgehead atoms. The van der Waals surface area contributed by atoms with E-state index in [1.807, 2.05) is 24.3 Å². The Morgan fingerprint density at radius 2 is 2.00 bits per heavy atom. The normalized spacial score (nSPS) is 25.4. The highest BCUT2D eigenvalue weighted by molar-refractivity contribution is 7.91. The Morgan fingerprint density at radius 3 is 2.53 bits per heavy atom. The third-order valence-corrected chi connectivity index (χ3v) is 5.02. The SMILES string of the molecule is COc1ccc(CCN[C@@H]2CS(=O)(=O)C[C@H]2O)cc1. The molecular formula is C13H19NO4S. The van der Waals surface area contributed by atoms with E-state index >= 15 is 0 Å². The van der Waals surface area contributed by atoms with E-state index in [2.05, 4.69) is 5.32 Å². The summed E-state index contributed by atoms with van der Waals surface area (Å²) in [6.45, 7) is 0.642. The quantitative estimate of drug-likeness (QED) is 0.795. The summed E-state index contributed by atoms with van der Waals surface area (Å²) in [5.74, 6) is 0.707. The number of aliphatic hydroxyl groups excluding tert-OH is 1. The van der Waals surface area contributed by atoms with Crippen LogP contribution >= 0.6 is 0 Å². The number of ether oxygens (including phenoxy) is 1. The van der Waals surface area contributed by atoms with Crippen LogP contribution in [0.25, 0.3) is 0 Å². The van der Waals surface area contributed by atoms with Crippen LogP contribution in [0.3, 0.4) is 0 Å². The molecule has 1 aliphatic rings. The Bertz CT molecular complexity index is 512. The largest absolute Gasteiger partial charge is 0.497 e. The van der Waals surface area contributed by atoms with Crippen LogP contribution in [0.2, 0.25) is 0 Å². The smallest absolute Gasteiger partial charge is 0.154 e. The van der Waals surface area contributed by atoms with E-state index < -0.39 is 15.9 Å². The van der Waals surface area contributed by atoms with Crippen molar-refractivity contribution in [1.29, 1.82) is 0 Å². The average Bonchev–Trinajstić information content (AvgIpc) is 2.63. The van der Waals surface area contributed by atoms with E-state index in [9.17, 15) is 13.5 Å². The molecule has 0 spiro atoms. The first-order valence-electron chi connectivity index (χ1n) is 6.25. The zero-order valence-corrected chi connectivity index (χ0v) is 11.7. The summed E-state index contributed by atoms with van der Waals surface area (Å²) in [6, 6.07) is 7.39. The van der Waals surface area contributed by atoms with Crippen molar-refractivity contribution < 1.29 is 18.3 Å². The topological polar surface area (TPSA) is 75.6 Å². The van der Waals surface area contributed by atoms with Crippen molar-refractivity contribution in [3.05, 3.63) is 29.8 Å². The molecule has 0 aliphatic carbocycles. The molecule has 0 unspecified atom stereocenters. The Morgan fingerprint density at radius 1 is 1.32 bits per heavy atom. The summed E-state index contributed by atoms with van der Waals surface area (Å²) in [7, 11) is -1.45. The fourth-order valence-electron chi connectivity index (χ4n) is 2.22. The first kappa shape index (κ1) is 14.3. The van der Waals surface area contributed by atoms with E-state index in [4.69, 9.17) is 4.74 Å². The molecule has 1 aromatic rings. The van der Waals surface area contributed by atoms with Crippen LogP contribution in [-0.2, 0) is 16.3 Å². The number of hydrogen-bond donors (Lipinski definition) is 2. The number of benzene rings is 1. The molecule has 0 aromatic heterocycles. The number of nitrogens with one attached hydrogen (secondary N) is 1. The van der Waals surface area contributed by atoms with Crippen LogP contribution in [0.15, 0.2) is 24.3 Å². The highest BCUT2D eigenvalue weighted by Gasteiger charge is 2.35. The van der Waals surface area contributed by atoms with Crippen LogP contribution in [0.5, 0.6) is 5.75 Å². The summed E-state index contributed by atoms with van der Waals surface area (Å²) in [4.78, 5) is 0. The molecule has 2 rings (SSSR count). The second kappa shape index (κ2) is 5.90. The minimum absolute atomic E-state index is 0.0246. The van der Waals surface area contributed by atoms with Crippen LogP contribution in [0.1, 0.15) is 5.56 Å². The number of methoxy groups -OCH3 is 1. The highest BCUT2D eigenvalue weighted by Crippen LogP contribution is 2.13. The molecule has 1 aromatic carbocycles. The van der Waals surface area contributed by atoms with E-state index in [1.54, 1.807) is 7.11 Å². The maximum atomic E-state index is 11.3. The first-order valence-corrected chi connectivity index (χ1v) is 8.07. The van der Waals surface area contributed by atoms with Gasteiger partial charge in [0.15, 0.2) is 9.84 Å². The fraction of sp³-hybridized carbons (Fsp3) is 0.538. The number of aliphatic hydroxyl groups is 1. The predicted molar refractivity (Wildman–Crippen MR) is 73.1 cm³/mol. The van der Waals surface area contributed by atoms with Gasteiger partial charge in [0, 0.05) is 6.04 Å². The van der Waals surface area contributed by atoms with E-state index in [0.29, 0.717) is 6.54 Å². The van der Waals surface area contributed by atoms with Crippen LogP contribution < -0.4 is 10.1 Å². The van der Waals surface area contributed by atoms with Crippen molar-refractivity contribution in [2.75, 3.05) is 25.2 Å². The van der Waals surface area contributed by atoms with Crippen LogP contribution in [-0.4, -0.2) is 50.8 Å². The van der Waals surface area contributed by atoms with Gasteiger partial charge in [0.2, 0.25) is 0 Å². The third kappa shape index (κ3) is 3.92. The average molecular weight is 285 g/mol. The molecule has 0 saturated carbocycles. The summed E-state index contributed by atoms with van der Waals surface area (Å²) >= 11 is 0.